The van der Waals surface area contributed by atoms with Crippen molar-refractivity contribution in [3.8, 4) is 10.8 Å². The zero-order valence-electron chi connectivity index (χ0n) is 15.9. The molecule has 0 radical (unpaired) electrons. The number of thiophene rings is 1. The molecule has 4 heterocycles. The van der Waals surface area contributed by atoms with Crippen LogP contribution in [0.25, 0.3) is 10.8 Å². The van der Waals surface area contributed by atoms with Gasteiger partial charge in [0.2, 0.25) is 11.8 Å². The minimum absolute atomic E-state index is 0.00870. The first-order chi connectivity index (χ1) is 13.7. The summed E-state index contributed by atoms with van der Waals surface area (Å²) in [6, 6.07) is 7.87. The van der Waals surface area contributed by atoms with Gasteiger partial charge in [-0.2, -0.15) is 0 Å². The second kappa shape index (κ2) is 8.67. The maximum atomic E-state index is 12.6. The van der Waals surface area contributed by atoms with E-state index < -0.39 is 0 Å². The summed E-state index contributed by atoms with van der Waals surface area (Å²) in [7, 11) is 0. The fourth-order valence-corrected chi connectivity index (χ4v) is 4.19. The van der Waals surface area contributed by atoms with Crippen LogP contribution in [0, 0.1) is 12.8 Å². The number of nitrogens with one attached hydrogen (secondary N) is 1. The van der Waals surface area contributed by atoms with Crippen molar-refractivity contribution in [3.05, 3.63) is 59.1 Å². The van der Waals surface area contributed by atoms with E-state index in [4.69, 9.17) is 4.42 Å². The highest BCUT2D eigenvalue weighted by Gasteiger charge is 2.27. The van der Waals surface area contributed by atoms with Crippen LogP contribution < -0.4 is 5.32 Å². The number of likely N-dealkylation sites (tertiary alicyclic amines) is 1. The summed E-state index contributed by atoms with van der Waals surface area (Å²) >= 11 is 1.62. The predicted molar refractivity (Wildman–Crippen MR) is 109 cm³/mol. The average Bonchev–Trinajstić information content (AvgIpc) is 3.38. The van der Waals surface area contributed by atoms with Gasteiger partial charge >= 0.3 is 0 Å². The molecule has 6 nitrogen and oxygen atoms in total. The summed E-state index contributed by atoms with van der Waals surface area (Å²) in [5.74, 6) is 1.66. The van der Waals surface area contributed by atoms with E-state index in [0.717, 1.165) is 47.8 Å². The van der Waals surface area contributed by atoms with Crippen LogP contribution in [0.2, 0.25) is 0 Å². The van der Waals surface area contributed by atoms with E-state index in [-0.39, 0.29) is 11.8 Å². The Morgan fingerprint density at radius 3 is 3.11 bits per heavy atom. The molecular weight excluding hydrogens is 372 g/mol. The molecular formula is C21H24N4O2S. The highest BCUT2D eigenvalue weighted by atomic mass is 32.1. The molecule has 3 aromatic heterocycles. The molecule has 0 spiro atoms. The van der Waals surface area contributed by atoms with Gasteiger partial charge in [-0.25, -0.2) is 4.98 Å². The molecule has 1 unspecified atom stereocenters. The van der Waals surface area contributed by atoms with E-state index >= 15 is 0 Å². The highest BCUT2D eigenvalue weighted by Crippen LogP contribution is 2.27. The number of nitrogens with zero attached hydrogens (tertiary/aromatic N) is 3. The van der Waals surface area contributed by atoms with Gasteiger partial charge in [0.05, 0.1) is 16.5 Å². The first kappa shape index (κ1) is 18.8. The molecule has 1 saturated heterocycles. The second-order valence-electron chi connectivity index (χ2n) is 7.15. The van der Waals surface area contributed by atoms with Crippen molar-refractivity contribution in [2.75, 3.05) is 13.1 Å². The fraction of sp³-hybridized carbons (Fsp3) is 0.381. The molecule has 0 aliphatic carbocycles. The van der Waals surface area contributed by atoms with Crippen molar-refractivity contribution in [3.63, 3.8) is 0 Å². The maximum absolute atomic E-state index is 12.6. The Morgan fingerprint density at radius 1 is 1.39 bits per heavy atom. The summed E-state index contributed by atoms with van der Waals surface area (Å²) in [6.45, 7) is 4.93. The van der Waals surface area contributed by atoms with E-state index in [0.29, 0.717) is 19.0 Å². The van der Waals surface area contributed by atoms with Crippen LogP contribution in [0.1, 0.15) is 29.9 Å². The van der Waals surface area contributed by atoms with Gasteiger partial charge in [0.1, 0.15) is 5.76 Å². The Bertz CT molecular complexity index is 908. The van der Waals surface area contributed by atoms with E-state index in [9.17, 15) is 4.79 Å². The molecule has 0 bridgehead atoms. The quantitative estimate of drug-likeness (QED) is 0.689. The summed E-state index contributed by atoms with van der Waals surface area (Å²) in [5, 5.41) is 5.07. The number of rotatable bonds is 6. The molecule has 1 fully saturated rings. The zero-order chi connectivity index (χ0) is 19.3. The third-order valence-corrected chi connectivity index (χ3v) is 5.92. The van der Waals surface area contributed by atoms with Gasteiger partial charge in [0.15, 0.2) is 0 Å². The number of pyridine rings is 1. The van der Waals surface area contributed by atoms with Gasteiger partial charge in [-0.15, -0.1) is 11.3 Å². The van der Waals surface area contributed by atoms with Crippen LogP contribution in [-0.2, 0) is 17.9 Å². The van der Waals surface area contributed by atoms with Crippen LogP contribution in [0.5, 0.6) is 0 Å². The number of oxazole rings is 1. The van der Waals surface area contributed by atoms with E-state index in [2.05, 4.69) is 20.2 Å². The summed E-state index contributed by atoms with van der Waals surface area (Å²) in [4.78, 5) is 24.7. The zero-order valence-corrected chi connectivity index (χ0v) is 16.7. The lowest BCUT2D eigenvalue weighted by Crippen LogP contribution is -2.42. The van der Waals surface area contributed by atoms with Crippen molar-refractivity contribution in [2.45, 2.75) is 32.9 Å². The molecule has 1 atom stereocenters. The van der Waals surface area contributed by atoms with E-state index in [1.54, 1.807) is 23.7 Å². The Kier molecular flexibility index (Phi) is 5.83. The lowest BCUT2D eigenvalue weighted by molar-refractivity contribution is -0.127. The number of carbonyl (C=O) groups excluding carboxylic acids is 1. The van der Waals surface area contributed by atoms with Gasteiger partial charge in [0.25, 0.3) is 0 Å². The van der Waals surface area contributed by atoms with Gasteiger partial charge < -0.3 is 9.73 Å². The average molecular weight is 397 g/mol. The predicted octanol–water partition coefficient (Wildman–Crippen LogP) is 3.63. The Balaban J connectivity index is 1.34. The second-order valence-corrected chi connectivity index (χ2v) is 8.10. The van der Waals surface area contributed by atoms with Crippen molar-refractivity contribution in [1.29, 1.82) is 0 Å². The van der Waals surface area contributed by atoms with Crippen molar-refractivity contribution in [1.82, 2.24) is 20.2 Å². The Morgan fingerprint density at radius 2 is 2.32 bits per heavy atom. The van der Waals surface area contributed by atoms with Crippen LogP contribution in [0.4, 0.5) is 0 Å². The minimum atomic E-state index is 0.00870. The summed E-state index contributed by atoms with van der Waals surface area (Å²) in [6.07, 6.45) is 5.46. The van der Waals surface area contributed by atoms with Crippen molar-refractivity contribution >= 4 is 17.2 Å². The Labute approximate surface area is 168 Å². The molecule has 7 heteroatoms. The number of piperidine rings is 1. The number of hydrogen-bond acceptors (Lipinski definition) is 6. The van der Waals surface area contributed by atoms with Gasteiger partial charge in [0, 0.05) is 32.0 Å². The first-order valence-electron chi connectivity index (χ1n) is 9.58. The molecule has 4 rings (SSSR count). The third kappa shape index (κ3) is 4.48. The smallest absolute Gasteiger partial charge is 0.236 e. The fourth-order valence-electron chi connectivity index (χ4n) is 3.54. The van der Waals surface area contributed by atoms with E-state index in [1.807, 2.05) is 36.6 Å². The van der Waals surface area contributed by atoms with Gasteiger partial charge in [-0.3, -0.25) is 14.7 Å². The molecule has 0 aromatic carbocycles. The normalized spacial score (nSPS) is 17.5. The molecule has 28 heavy (non-hydrogen) atoms. The van der Waals surface area contributed by atoms with Crippen LogP contribution >= 0.6 is 11.3 Å². The topological polar surface area (TPSA) is 71.3 Å². The number of amides is 1. The van der Waals surface area contributed by atoms with Crippen LogP contribution in [-0.4, -0.2) is 33.9 Å². The SMILES string of the molecule is Cc1oc(-c2cccs2)nc1CN1CCCC(C(=O)NCc2cccnc2)C1. The number of aryl methyl sites for hydroxylation is 1. The molecule has 1 aliphatic rings. The maximum Gasteiger partial charge on any atom is 0.236 e. The van der Waals surface area contributed by atoms with Gasteiger partial charge in [-0.05, 0) is 49.4 Å². The lowest BCUT2D eigenvalue weighted by atomic mass is 9.97. The Hall–Kier alpha value is -2.51. The standard InChI is InChI=1S/C21H24N4O2S/c1-15-18(24-21(27-15)19-7-4-10-28-19)14-25-9-3-6-17(13-25)20(26)23-12-16-5-2-8-22-11-16/h2,4-5,7-8,10-11,17H,3,6,9,12-14H2,1H3,(H,23,26). The minimum Gasteiger partial charge on any atom is -0.440 e. The van der Waals surface area contributed by atoms with Crippen LogP contribution in [0.15, 0.2) is 46.5 Å². The number of aromatic nitrogens is 2. The largest absolute Gasteiger partial charge is 0.440 e. The molecule has 1 N–H and O–H groups in total. The third-order valence-electron chi connectivity index (χ3n) is 5.06. The number of hydrogen-bond donors (Lipinski definition) is 1. The summed E-state index contributed by atoms with van der Waals surface area (Å²) < 4.78 is 5.85. The lowest BCUT2D eigenvalue weighted by Gasteiger charge is -2.31. The van der Waals surface area contributed by atoms with E-state index in [1.165, 1.54) is 0 Å². The molecule has 0 saturated carbocycles. The van der Waals surface area contributed by atoms with Crippen LogP contribution in [0.3, 0.4) is 0 Å². The number of carbonyl (C=O) groups is 1. The molecule has 146 valence electrons. The summed E-state index contributed by atoms with van der Waals surface area (Å²) in [5.41, 5.74) is 1.97. The first-order valence-corrected chi connectivity index (χ1v) is 10.5. The van der Waals surface area contributed by atoms with Gasteiger partial charge in [-0.1, -0.05) is 12.1 Å². The van der Waals surface area contributed by atoms with Crippen molar-refractivity contribution in [2.24, 2.45) is 5.92 Å². The monoisotopic (exact) mass is 396 g/mol. The molecule has 1 aliphatic heterocycles. The molecule has 3 aromatic rings. The highest BCUT2D eigenvalue weighted by molar-refractivity contribution is 7.13. The molecule has 1 amide bonds. The van der Waals surface area contributed by atoms with Crippen molar-refractivity contribution < 1.29 is 9.21 Å².